The first-order valence-electron chi connectivity index (χ1n) is 11.5. The van der Waals surface area contributed by atoms with Crippen LogP contribution < -0.4 is 10.6 Å². The van der Waals surface area contributed by atoms with Gasteiger partial charge in [-0.25, -0.2) is 9.97 Å². The fraction of sp³-hybridized carbons (Fsp3) is 0.0714. The third kappa shape index (κ3) is 6.28. The van der Waals surface area contributed by atoms with Gasteiger partial charge in [0.25, 0.3) is 11.8 Å². The van der Waals surface area contributed by atoms with E-state index in [1.807, 2.05) is 48.5 Å². The van der Waals surface area contributed by atoms with E-state index in [0.717, 1.165) is 20.9 Å². The van der Waals surface area contributed by atoms with Crippen LogP contribution in [0, 0.1) is 0 Å². The van der Waals surface area contributed by atoms with Crippen molar-refractivity contribution in [2.75, 3.05) is 10.6 Å². The molecule has 2 N–H and O–H groups in total. The fourth-order valence-corrected chi connectivity index (χ4v) is 5.83. The van der Waals surface area contributed by atoms with Gasteiger partial charge in [0.2, 0.25) is 0 Å². The lowest BCUT2D eigenvalue weighted by atomic mass is 10.1. The molecule has 2 heterocycles. The zero-order chi connectivity index (χ0) is 26.5. The van der Waals surface area contributed by atoms with Gasteiger partial charge < -0.3 is 0 Å². The van der Waals surface area contributed by atoms with Crippen molar-refractivity contribution in [2.45, 2.75) is 12.8 Å². The van der Waals surface area contributed by atoms with Crippen LogP contribution in [0.3, 0.4) is 0 Å². The number of hydrogen-bond donors (Lipinski definition) is 2. The molecule has 0 saturated heterocycles. The summed E-state index contributed by atoms with van der Waals surface area (Å²) >= 11 is 15.2. The number of carbonyl (C=O) groups excluding carboxylic acids is 2. The topological polar surface area (TPSA) is 84.0 Å². The number of halogens is 2. The van der Waals surface area contributed by atoms with Crippen molar-refractivity contribution in [3.63, 3.8) is 0 Å². The second kappa shape index (κ2) is 11.9. The Hall–Kier alpha value is -3.56. The SMILES string of the molecule is O=C(Nc1ncc(Cc2ccccc2Cl)s1)c1ccccc1C(=O)Nc1ncc(Cc2ccccc2Cl)s1. The maximum Gasteiger partial charge on any atom is 0.258 e. The molecule has 0 aliphatic carbocycles. The predicted octanol–water partition coefficient (Wildman–Crippen LogP) is 7.59. The summed E-state index contributed by atoms with van der Waals surface area (Å²) in [6, 6.07) is 21.8. The molecule has 0 radical (unpaired) electrons. The Kier molecular flexibility index (Phi) is 8.14. The molecular weight excluding hydrogens is 559 g/mol. The molecule has 0 saturated carbocycles. The van der Waals surface area contributed by atoms with Crippen LogP contribution in [0.5, 0.6) is 0 Å². The highest BCUT2D eigenvalue weighted by Crippen LogP contribution is 2.27. The minimum atomic E-state index is -0.423. The average molecular weight is 580 g/mol. The molecule has 0 fully saturated rings. The van der Waals surface area contributed by atoms with E-state index in [2.05, 4.69) is 20.6 Å². The van der Waals surface area contributed by atoms with E-state index in [1.54, 1.807) is 36.7 Å². The van der Waals surface area contributed by atoms with Gasteiger partial charge in [-0.1, -0.05) is 71.7 Å². The van der Waals surface area contributed by atoms with E-state index < -0.39 is 11.8 Å². The first kappa shape index (κ1) is 26.1. The summed E-state index contributed by atoms with van der Waals surface area (Å²) in [4.78, 5) is 36.7. The number of rotatable bonds is 8. The van der Waals surface area contributed by atoms with E-state index in [1.165, 1.54) is 22.7 Å². The Balaban J connectivity index is 1.25. The Morgan fingerprint density at radius 3 is 1.45 bits per heavy atom. The lowest BCUT2D eigenvalue weighted by Crippen LogP contribution is -2.20. The largest absolute Gasteiger partial charge is 0.298 e. The van der Waals surface area contributed by atoms with Gasteiger partial charge in [-0.05, 0) is 35.4 Å². The number of hydrogen-bond acceptors (Lipinski definition) is 6. The van der Waals surface area contributed by atoms with Crippen molar-refractivity contribution in [2.24, 2.45) is 0 Å². The minimum absolute atomic E-state index is 0.237. The van der Waals surface area contributed by atoms with Crippen LogP contribution in [-0.2, 0) is 12.8 Å². The number of anilines is 2. The van der Waals surface area contributed by atoms with Gasteiger partial charge in [0.1, 0.15) is 0 Å². The van der Waals surface area contributed by atoms with Crippen LogP contribution >= 0.6 is 45.9 Å². The van der Waals surface area contributed by atoms with Gasteiger partial charge in [0.05, 0.1) is 11.1 Å². The van der Waals surface area contributed by atoms with Gasteiger partial charge >= 0.3 is 0 Å². The van der Waals surface area contributed by atoms with Crippen molar-refractivity contribution >= 4 is 68.0 Å². The molecule has 0 aliphatic rings. The maximum absolute atomic E-state index is 13.1. The molecule has 0 aliphatic heterocycles. The van der Waals surface area contributed by atoms with E-state index in [-0.39, 0.29) is 11.1 Å². The maximum atomic E-state index is 13.1. The summed E-state index contributed by atoms with van der Waals surface area (Å²) in [7, 11) is 0. The van der Waals surface area contributed by atoms with E-state index in [4.69, 9.17) is 23.2 Å². The summed E-state index contributed by atoms with van der Waals surface area (Å²) in [5.74, 6) is -0.846. The van der Waals surface area contributed by atoms with Gasteiger partial charge in [-0.15, -0.1) is 22.7 Å². The predicted molar refractivity (Wildman–Crippen MR) is 155 cm³/mol. The molecule has 5 rings (SSSR count). The van der Waals surface area contributed by atoms with Crippen molar-refractivity contribution in [1.29, 1.82) is 0 Å². The van der Waals surface area contributed by atoms with Crippen molar-refractivity contribution < 1.29 is 9.59 Å². The van der Waals surface area contributed by atoms with Crippen LogP contribution in [0.1, 0.15) is 41.6 Å². The van der Waals surface area contributed by atoms with Crippen LogP contribution in [0.25, 0.3) is 0 Å². The molecular formula is C28H20Cl2N4O2S2. The molecule has 0 unspecified atom stereocenters. The van der Waals surface area contributed by atoms with Crippen LogP contribution in [0.15, 0.2) is 85.2 Å². The van der Waals surface area contributed by atoms with Gasteiger partial charge in [0.15, 0.2) is 10.3 Å². The summed E-state index contributed by atoms with van der Waals surface area (Å²) in [5, 5.41) is 7.86. The monoisotopic (exact) mass is 578 g/mol. The zero-order valence-corrected chi connectivity index (χ0v) is 22.9. The van der Waals surface area contributed by atoms with Gasteiger partial charge in [-0.2, -0.15) is 0 Å². The van der Waals surface area contributed by atoms with Crippen molar-refractivity contribution in [3.8, 4) is 0 Å². The molecule has 38 heavy (non-hydrogen) atoms. The van der Waals surface area contributed by atoms with Crippen molar-refractivity contribution in [1.82, 2.24) is 9.97 Å². The highest BCUT2D eigenvalue weighted by atomic mass is 35.5. The number of benzene rings is 3. The zero-order valence-electron chi connectivity index (χ0n) is 19.8. The highest BCUT2D eigenvalue weighted by Gasteiger charge is 2.19. The van der Waals surface area contributed by atoms with E-state index >= 15 is 0 Å². The molecule has 0 bridgehead atoms. The first-order chi connectivity index (χ1) is 18.5. The van der Waals surface area contributed by atoms with Crippen LogP contribution in [-0.4, -0.2) is 21.8 Å². The van der Waals surface area contributed by atoms with E-state index in [0.29, 0.717) is 33.2 Å². The summed E-state index contributed by atoms with van der Waals surface area (Å²) < 4.78 is 0. The molecule has 10 heteroatoms. The lowest BCUT2D eigenvalue weighted by molar-refractivity contribution is 0.0990. The molecule has 6 nitrogen and oxygen atoms in total. The molecule has 3 aromatic carbocycles. The second-order valence-corrected chi connectivity index (χ2v) is 11.3. The Morgan fingerprint density at radius 2 is 1.03 bits per heavy atom. The standard InChI is InChI=1S/C28H20Cl2N4O2S2/c29-23-11-5-1-7-17(23)13-19-15-31-27(37-19)33-25(35)21-9-3-4-10-22(21)26(36)34-28-32-16-20(38-28)14-18-8-2-6-12-24(18)30/h1-12,15-16H,13-14H2,(H,31,33,35)(H,32,34,36). The quantitative estimate of drug-likeness (QED) is 0.198. The first-order valence-corrected chi connectivity index (χ1v) is 13.9. The minimum Gasteiger partial charge on any atom is -0.298 e. The molecule has 190 valence electrons. The second-order valence-electron chi connectivity index (χ2n) is 8.25. The van der Waals surface area contributed by atoms with Gasteiger partial charge in [-0.3, -0.25) is 20.2 Å². The molecule has 2 amide bonds. The highest BCUT2D eigenvalue weighted by molar-refractivity contribution is 7.16. The Labute approximate surface area is 237 Å². The number of nitrogens with zero attached hydrogens (tertiary/aromatic N) is 2. The molecule has 2 aromatic heterocycles. The molecule has 0 atom stereocenters. The van der Waals surface area contributed by atoms with E-state index in [9.17, 15) is 9.59 Å². The summed E-state index contributed by atoms with van der Waals surface area (Å²) in [5.41, 5.74) is 2.44. The Bertz CT molecular complexity index is 1500. The molecule has 5 aromatic rings. The summed E-state index contributed by atoms with van der Waals surface area (Å²) in [6.45, 7) is 0. The Morgan fingerprint density at radius 1 is 0.632 bits per heavy atom. The number of amides is 2. The fourth-order valence-electron chi connectivity index (χ4n) is 3.76. The smallest absolute Gasteiger partial charge is 0.258 e. The number of nitrogens with one attached hydrogen (secondary N) is 2. The average Bonchev–Trinajstić information content (AvgIpc) is 3.55. The normalized spacial score (nSPS) is 10.8. The van der Waals surface area contributed by atoms with Crippen LogP contribution in [0.2, 0.25) is 10.0 Å². The van der Waals surface area contributed by atoms with Crippen molar-refractivity contribution in [3.05, 3.63) is 127 Å². The third-order valence-corrected chi connectivity index (χ3v) is 8.17. The number of carbonyl (C=O) groups is 2. The summed E-state index contributed by atoms with van der Waals surface area (Å²) in [6.07, 6.45) is 4.65. The molecule has 0 spiro atoms. The third-order valence-electron chi connectivity index (χ3n) is 5.61. The van der Waals surface area contributed by atoms with Gasteiger partial charge in [0, 0.05) is 45.0 Å². The van der Waals surface area contributed by atoms with Crippen LogP contribution in [0.4, 0.5) is 10.3 Å². The number of thiazole rings is 2. The number of aromatic nitrogens is 2. The lowest BCUT2D eigenvalue weighted by Gasteiger charge is -2.08.